The van der Waals surface area contributed by atoms with Gasteiger partial charge in [-0.05, 0) is 36.2 Å². The summed E-state index contributed by atoms with van der Waals surface area (Å²) in [4.78, 5) is 12.0. The molecule has 0 atom stereocenters. The maximum Gasteiger partial charge on any atom is 0.230 e. The van der Waals surface area contributed by atoms with Crippen molar-refractivity contribution in [2.45, 2.75) is 17.8 Å². The number of anilines is 2. The molecule has 0 aliphatic heterocycles. The van der Waals surface area contributed by atoms with Crippen molar-refractivity contribution in [2.75, 3.05) is 18.2 Å². The molecule has 28 heavy (non-hydrogen) atoms. The van der Waals surface area contributed by atoms with Gasteiger partial charge in [0.05, 0.1) is 12.9 Å². The first-order valence-corrected chi connectivity index (χ1v) is 10.2. The number of nitrogens with one attached hydrogen (secondary N) is 2. The molecular weight excluding hydrogens is 399 g/mol. The lowest BCUT2D eigenvalue weighted by Crippen LogP contribution is -2.24. The fraction of sp³-hybridized carbons (Fsp3) is 0.211. The first kappa shape index (κ1) is 20.1. The van der Waals surface area contributed by atoms with Gasteiger partial charge in [-0.3, -0.25) is 4.79 Å². The van der Waals surface area contributed by atoms with E-state index in [9.17, 15) is 9.18 Å². The summed E-state index contributed by atoms with van der Waals surface area (Å²) in [6, 6.07) is 12.3. The molecule has 9 heteroatoms. The van der Waals surface area contributed by atoms with Gasteiger partial charge in [0.2, 0.25) is 11.0 Å². The number of aromatic nitrogens is 2. The van der Waals surface area contributed by atoms with Crippen LogP contribution in [0.4, 0.5) is 15.2 Å². The van der Waals surface area contributed by atoms with Gasteiger partial charge in [-0.25, -0.2) is 4.39 Å². The molecule has 1 heterocycles. The maximum absolute atomic E-state index is 13.3. The van der Waals surface area contributed by atoms with Crippen molar-refractivity contribution >= 4 is 39.8 Å². The van der Waals surface area contributed by atoms with Crippen LogP contribution in [0.5, 0.6) is 5.75 Å². The highest BCUT2D eigenvalue weighted by Crippen LogP contribution is 2.28. The standard InChI is InChI=1S/C19H19FN4O2S2/c1-12-8-13(6-7-16(12)20)10-21-17(25)11-27-19-24-23-18(28-19)22-14-4-3-5-15(9-14)26-2/h3-9H,10-11H2,1-2H3,(H,21,25)(H,22,23). The minimum Gasteiger partial charge on any atom is -0.497 e. The highest BCUT2D eigenvalue weighted by molar-refractivity contribution is 8.01. The third-order valence-corrected chi connectivity index (χ3v) is 5.74. The molecule has 3 aromatic rings. The van der Waals surface area contributed by atoms with Gasteiger partial charge in [-0.15, -0.1) is 10.2 Å². The number of hydrogen-bond donors (Lipinski definition) is 2. The van der Waals surface area contributed by atoms with Crippen LogP contribution in [0.1, 0.15) is 11.1 Å². The quantitative estimate of drug-likeness (QED) is 0.536. The van der Waals surface area contributed by atoms with Crippen LogP contribution in [0.3, 0.4) is 0 Å². The zero-order chi connectivity index (χ0) is 19.9. The van der Waals surface area contributed by atoms with E-state index >= 15 is 0 Å². The van der Waals surface area contributed by atoms with E-state index in [0.717, 1.165) is 17.0 Å². The van der Waals surface area contributed by atoms with Crippen LogP contribution in [0.25, 0.3) is 0 Å². The molecule has 0 spiro atoms. The Hall–Kier alpha value is -2.65. The van der Waals surface area contributed by atoms with Gasteiger partial charge in [0.25, 0.3) is 0 Å². The van der Waals surface area contributed by atoms with Crippen molar-refractivity contribution in [2.24, 2.45) is 0 Å². The number of nitrogens with zero attached hydrogens (tertiary/aromatic N) is 2. The third-order valence-electron chi connectivity index (χ3n) is 3.77. The molecule has 6 nitrogen and oxygen atoms in total. The van der Waals surface area contributed by atoms with E-state index in [1.165, 1.54) is 29.2 Å². The molecule has 3 rings (SSSR count). The third kappa shape index (κ3) is 5.67. The lowest BCUT2D eigenvalue weighted by Gasteiger charge is -2.06. The van der Waals surface area contributed by atoms with Crippen LogP contribution in [0.2, 0.25) is 0 Å². The summed E-state index contributed by atoms with van der Waals surface area (Å²) in [5, 5.41) is 14.8. The number of thioether (sulfide) groups is 1. The highest BCUT2D eigenvalue weighted by atomic mass is 32.2. The van der Waals surface area contributed by atoms with Gasteiger partial charge in [0, 0.05) is 18.3 Å². The van der Waals surface area contributed by atoms with E-state index in [0.29, 0.717) is 21.6 Å². The van der Waals surface area contributed by atoms with Crippen LogP contribution in [-0.4, -0.2) is 29.0 Å². The fourth-order valence-corrected chi connectivity index (χ4v) is 3.94. The number of benzene rings is 2. The zero-order valence-electron chi connectivity index (χ0n) is 15.4. The largest absolute Gasteiger partial charge is 0.497 e. The van der Waals surface area contributed by atoms with Crippen LogP contribution in [-0.2, 0) is 11.3 Å². The molecule has 0 radical (unpaired) electrons. The Labute approximate surface area is 170 Å². The number of carbonyl (C=O) groups excluding carboxylic acids is 1. The van der Waals surface area contributed by atoms with Crippen molar-refractivity contribution < 1.29 is 13.9 Å². The van der Waals surface area contributed by atoms with E-state index < -0.39 is 0 Å². The lowest BCUT2D eigenvalue weighted by atomic mass is 10.1. The topological polar surface area (TPSA) is 76.1 Å². The first-order chi connectivity index (χ1) is 13.5. The molecule has 0 unspecified atom stereocenters. The molecule has 0 saturated heterocycles. The minimum atomic E-state index is -0.250. The number of halogens is 1. The van der Waals surface area contributed by atoms with Crippen LogP contribution >= 0.6 is 23.1 Å². The van der Waals surface area contributed by atoms with E-state index in [-0.39, 0.29) is 17.5 Å². The number of methoxy groups -OCH3 is 1. The number of rotatable bonds is 8. The molecule has 0 aliphatic carbocycles. The Morgan fingerprint density at radius 1 is 1.25 bits per heavy atom. The smallest absolute Gasteiger partial charge is 0.230 e. The summed E-state index contributed by atoms with van der Waals surface area (Å²) in [5.74, 6) is 0.607. The van der Waals surface area contributed by atoms with Gasteiger partial charge in [-0.2, -0.15) is 0 Å². The van der Waals surface area contributed by atoms with Crippen molar-refractivity contribution in [3.05, 3.63) is 59.4 Å². The van der Waals surface area contributed by atoms with Crippen molar-refractivity contribution in [3.8, 4) is 5.75 Å². The molecule has 2 N–H and O–H groups in total. The highest BCUT2D eigenvalue weighted by Gasteiger charge is 2.09. The van der Waals surface area contributed by atoms with Gasteiger partial charge in [0.1, 0.15) is 11.6 Å². The molecule has 146 valence electrons. The minimum absolute atomic E-state index is 0.121. The Bertz CT molecular complexity index is 965. The van der Waals surface area contributed by atoms with E-state index in [1.54, 1.807) is 26.2 Å². The second kappa shape index (κ2) is 9.52. The van der Waals surface area contributed by atoms with Crippen LogP contribution < -0.4 is 15.4 Å². The van der Waals surface area contributed by atoms with Crippen LogP contribution in [0.15, 0.2) is 46.8 Å². The van der Waals surface area contributed by atoms with Gasteiger partial charge in [0.15, 0.2) is 4.34 Å². The van der Waals surface area contributed by atoms with Crippen molar-refractivity contribution in [1.82, 2.24) is 15.5 Å². The average molecular weight is 419 g/mol. The normalized spacial score (nSPS) is 10.5. The molecular formula is C19H19FN4O2S2. The van der Waals surface area contributed by atoms with E-state index in [4.69, 9.17) is 4.74 Å². The number of amides is 1. The van der Waals surface area contributed by atoms with Gasteiger partial charge in [-0.1, -0.05) is 41.3 Å². The number of hydrogen-bond acceptors (Lipinski definition) is 7. The fourth-order valence-electron chi connectivity index (χ4n) is 2.34. The molecule has 0 fully saturated rings. The summed E-state index contributed by atoms with van der Waals surface area (Å²) in [6.45, 7) is 2.06. The Morgan fingerprint density at radius 3 is 2.89 bits per heavy atom. The molecule has 2 aromatic carbocycles. The predicted molar refractivity (Wildman–Crippen MR) is 110 cm³/mol. The maximum atomic E-state index is 13.3. The lowest BCUT2D eigenvalue weighted by molar-refractivity contribution is -0.118. The summed E-state index contributed by atoms with van der Waals surface area (Å²) in [6.07, 6.45) is 0. The summed E-state index contributed by atoms with van der Waals surface area (Å²) in [5.41, 5.74) is 2.27. The Morgan fingerprint density at radius 2 is 2.11 bits per heavy atom. The monoisotopic (exact) mass is 418 g/mol. The van der Waals surface area contributed by atoms with Crippen LogP contribution in [0, 0.1) is 12.7 Å². The number of carbonyl (C=O) groups is 1. The second-order valence-corrected chi connectivity index (χ2v) is 8.08. The van der Waals surface area contributed by atoms with Crippen molar-refractivity contribution in [1.29, 1.82) is 0 Å². The molecule has 0 saturated carbocycles. The molecule has 1 amide bonds. The number of ether oxygens (including phenoxy) is 1. The SMILES string of the molecule is COc1cccc(Nc2nnc(SCC(=O)NCc3ccc(F)c(C)c3)s2)c1. The molecule has 0 bridgehead atoms. The summed E-state index contributed by atoms with van der Waals surface area (Å²) < 4.78 is 19.2. The second-order valence-electron chi connectivity index (χ2n) is 5.88. The van der Waals surface area contributed by atoms with Gasteiger partial charge >= 0.3 is 0 Å². The zero-order valence-corrected chi connectivity index (χ0v) is 17.0. The summed E-state index contributed by atoms with van der Waals surface area (Å²) in [7, 11) is 1.61. The number of aryl methyl sites for hydroxylation is 1. The average Bonchev–Trinajstić information content (AvgIpc) is 3.14. The Kier molecular flexibility index (Phi) is 6.83. The molecule has 0 aliphatic rings. The summed E-state index contributed by atoms with van der Waals surface area (Å²) >= 11 is 2.68. The first-order valence-electron chi connectivity index (χ1n) is 8.42. The van der Waals surface area contributed by atoms with E-state index in [1.807, 2.05) is 24.3 Å². The van der Waals surface area contributed by atoms with Gasteiger partial charge < -0.3 is 15.4 Å². The predicted octanol–water partition coefficient (Wildman–Crippen LogP) is 4.15. The van der Waals surface area contributed by atoms with Crippen molar-refractivity contribution in [3.63, 3.8) is 0 Å². The van der Waals surface area contributed by atoms with E-state index in [2.05, 4.69) is 20.8 Å². The molecule has 1 aromatic heterocycles. The Balaban J connectivity index is 1.46.